The normalized spacial score (nSPS) is 14.7. The maximum absolute atomic E-state index is 12.9. The first kappa shape index (κ1) is 21.5. The standard InChI is InChI=1S/C20H23ClFN3O3S/c1-23(12-17-6-7-18(21)29-17)19(26)13-24-8-10-25(11-9-24)20(27)14-28-16-4-2-15(22)3-5-16/h2-7H,8-14H2,1H3. The van der Waals surface area contributed by atoms with Crippen LogP contribution in [-0.4, -0.2) is 72.9 Å². The second-order valence-corrected chi connectivity index (χ2v) is 8.65. The fourth-order valence-corrected chi connectivity index (χ4v) is 4.13. The topological polar surface area (TPSA) is 53.1 Å². The Kier molecular flexibility index (Phi) is 7.46. The molecule has 0 radical (unpaired) electrons. The molecule has 1 fully saturated rings. The highest BCUT2D eigenvalue weighted by Crippen LogP contribution is 2.22. The van der Waals surface area contributed by atoms with Gasteiger partial charge in [-0.2, -0.15) is 0 Å². The molecule has 0 N–H and O–H groups in total. The molecular weight excluding hydrogens is 417 g/mol. The van der Waals surface area contributed by atoms with Crippen LogP contribution in [-0.2, 0) is 16.1 Å². The zero-order valence-corrected chi connectivity index (χ0v) is 17.7. The first-order chi connectivity index (χ1) is 13.9. The van der Waals surface area contributed by atoms with Gasteiger partial charge < -0.3 is 14.5 Å². The van der Waals surface area contributed by atoms with E-state index in [0.29, 0.717) is 49.4 Å². The van der Waals surface area contributed by atoms with Gasteiger partial charge in [0.05, 0.1) is 17.4 Å². The quantitative estimate of drug-likeness (QED) is 0.665. The Labute approximate surface area is 178 Å². The van der Waals surface area contributed by atoms with Crippen LogP contribution in [0.3, 0.4) is 0 Å². The van der Waals surface area contributed by atoms with Gasteiger partial charge in [0.1, 0.15) is 11.6 Å². The molecule has 29 heavy (non-hydrogen) atoms. The van der Waals surface area contributed by atoms with E-state index in [2.05, 4.69) is 0 Å². The smallest absolute Gasteiger partial charge is 0.260 e. The van der Waals surface area contributed by atoms with Crippen molar-refractivity contribution in [2.45, 2.75) is 6.54 Å². The zero-order chi connectivity index (χ0) is 20.8. The zero-order valence-electron chi connectivity index (χ0n) is 16.1. The van der Waals surface area contributed by atoms with E-state index in [-0.39, 0.29) is 24.2 Å². The number of carbonyl (C=O) groups is 2. The summed E-state index contributed by atoms with van der Waals surface area (Å²) in [4.78, 5) is 31.3. The molecule has 6 nitrogen and oxygen atoms in total. The fraction of sp³-hybridized carbons (Fsp3) is 0.400. The molecule has 2 heterocycles. The van der Waals surface area contributed by atoms with Gasteiger partial charge in [0, 0.05) is 38.1 Å². The minimum absolute atomic E-state index is 0.0361. The third-order valence-electron chi connectivity index (χ3n) is 4.71. The molecule has 2 amide bonds. The van der Waals surface area contributed by atoms with E-state index in [1.165, 1.54) is 35.6 Å². The van der Waals surface area contributed by atoms with Crippen LogP contribution in [0, 0.1) is 5.82 Å². The molecular formula is C20H23ClFN3O3S. The number of piperazine rings is 1. The average molecular weight is 440 g/mol. The Morgan fingerprint density at radius 3 is 2.45 bits per heavy atom. The first-order valence-corrected chi connectivity index (χ1v) is 10.5. The summed E-state index contributed by atoms with van der Waals surface area (Å²) in [6, 6.07) is 9.32. The van der Waals surface area contributed by atoms with E-state index < -0.39 is 0 Å². The Hall–Kier alpha value is -2.16. The number of hydrogen-bond acceptors (Lipinski definition) is 5. The second-order valence-electron chi connectivity index (χ2n) is 6.86. The SMILES string of the molecule is CN(Cc1ccc(Cl)s1)C(=O)CN1CCN(C(=O)COc2ccc(F)cc2)CC1. The highest BCUT2D eigenvalue weighted by molar-refractivity contribution is 7.16. The molecule has 0 spiro atoms. The number of thiophene rings is 1. The molecule has 1 aliphatic heterocycles. The lowest BCUT2D eigenvalue weighted by Crippen LogP contribution is -2.52. The number of rotatable bonds is 7. The summed E-state index contributed by atoms with van der Waals surface area (Å²) in [6.45, 7) is 3.13. The Bertz CT molecular complexity index is 838. The summed E-state index contributed by atoms with van der Waals surface area (Å²) in [5, 5.41) is 0. The number of nitrogens with zero attached hydrogens (tertiary/aromatic N) is 3. The molecule has 1 aromatic carbocycles. The van der Waals surface area contributed by atoms with Gasteiger partial charge in [-0.25, -0.2) is 4.39 Å². The van der Waals surface area contributed by atoms with Crippen LogP contribution in [0.2, 0.25) is 4.34 Å². The molecule has 1 aromatic heterocycles. The van der Waals surface area contributed by atoms with Crippen molar-refractivity contribution in [3.05, 3.63) is 51.4 Å². The Morgan fingerprint density at radius 1 is 1.14 bits per heavy atom. The minimum atomic E-state index is -0.348. The third kappa shape index (κ3) is 6.42. The van der Waals surface area contributed by atoms with E-state index in [9.17, 15) is 14.0 Å². The van der Waals surface area contributed by atoms with E-state index >= 15 is 0 Å². The van der Waals surface area contributed by atoms with E-state index in [1.54, 1.807) is 16.8 Å². The van der Waals surface area contributed by atoms with Gasteiger partial charge in [-0.3, -0.25) is 14.5 Å². The number of carbonyl (C=O) groups excluding carboxylic acids is 2. The molecule has 0 unspecified atom stereocenters. The number of hydrogen-bond donors (Lipinski definition) is 0. The molecule has 0 bridgehead atoms. The van der Waals surface area contributed by atoms with Crippen molar-refractivity contribution in [2.75, 3.05) is 46.4 Å². The first-order valence-electron chi connectivity index (χ1n) is 9.27. The van der Waals surface area contributed by atoms with Crippen molar-refractivity contribution in [3.8, 4) is 5.75 Å². The van der Waals surface area contributed by atoms with Crippen LogP contribution in [0.15, 0.2) is 36.4 Å². The molecule has 3 rings (SSSR count). The number of amides is 2. The average Bonchev–Trinajstić information content (AvgIpc) is 3.12. The van der Waals surface area contributed by atoms with Crippen LogP contribution < -0.4 is 4.74 Å². The molecule has 156 valence electrons. The van der Waals surface area contributed by atoms with Crippen molar-refractivity contribution in [1.29, 1.82) is 0 Å². The summed E-state index contributed by atoms with van der Waals surface area (Å²) < 4.78 is 19.0. The minimum Gasteiger partial charge on any atom is -0.484 e. The fourth-order valence-electron chi connectivity index (χ4n) is 2.99. The second kappa shape index (κ2) is 10.0. The molecule has 2 aromatic rings. The third-order valence-corrected chi connectivity index (χ3v) is 5.92. The van der Waals surface area contributed by atoms with Crippen molar-refractivity contribution in [2.24, 2.45) is 0 Å². The predicted molar refractivity (Wildman–Crippen MR) is 111 cm³/mol. The predicted octanol–water partition coefficient (Wildman–Crippen LogP) is 2.72. The lowest BCUT2D eigenvalue weighted by atomic mass is 10.3. The lowest BCUT2D eigenvalue weighted by Gasteiger charge is -2.35. The highest BCUT2D eigenvalue weighted by Gasteiger charge is 2.23. The molecule has 1 saturated heterocycles. The number of likely N-dealkylation sites (N-methyl/N-ethyl adjacent to an activating group) is 1. The monoisotopic (exact) mass is 439 g/mol. The van der Waals surface area contributed by atoms with Crippen molar-refractivity contribution in [3.63, 3.8) is 0 Å². The Balaban J connectivity index is 1.38. The van der Waals surface area contributed by atoms with Crippen molar-refractivity contribution >= 4 is 34.8 Å². The number of ether oxygens (including phenoxy) is 1. The summed E-state index contributed by atoms with van der Waals surface area (Å²) >= 11 is 7.40. The largest absolute Gasteiger partial charge is 0.484 e. The van der Waals surface area contributed by atoms with Gasteiger partial charge in [0.25, 0.3) is 5.91 Å². The Morgan fingerprint density at radius 2 is 1.83 bits per heavy atom. The van der Waals surface area contributed by atoms with Crippen LogP contribution >= 0.6 is 22.9 Å². The maximum Gasteiger partial charge on any atom is 0.260 e. The molecule has 1 aliphatic rings. The molecule has 0 saturated carbocycles. The highest BCUT2D eigenvalue weighted by atomic mass is 35.5. The number of benzene rings is 1. The van der Waals surface area contributed by atoms with E-state index in [0.717, 1.165) is 4.88 Å². The van der Waals surface area contributed by atoms with Crippen LogP contribution in [0.25, 0.3) is 0 Å². The lowest BCUT2D eigenvalue weighted by molar-refractivity contribution is -0.136. The van der Waals surface area contributed by atoms with Gasteiger partial charge in [0.2, 0.25) is 5.91 Å². The van der Waals surface area contributed by atoms with Crippen LogP contribution in [0.5, 0.6) is 5.75 Å². The van der Waals surface area contributed by atoms with E-state index in [4.69, 9.17) is 16.3 Å². The summed E-state index contributed by atoms with van der Waals surface area (Å²) in [5.41, 5.74) is 0. The summed E-state index contributed by atoms with van der Waals surface area (Å²) in [6.07, 6.45) is 0. The summed E-state index contributed by atoms with van der Waals surface area (Å²) in [5.74, 6) is 0.0270. The van der Waals surface area contributed by atoms with Gasteiger partial charge in [-0.05, 0) is 36.4 Å². The van der Waals surface area contributed by atoms with Gasteiger partial charge in [0.15, 0.2) is 6.61 Å². The van der Waals surface area contributed by atoms with Crippen molar-refractivity contribution in [1.82, 2.24) is 14.7 Å². The molecule has 0 atom stereocenters. The number of halogens is 2. The van der Waals surface area contributed by atoms with Crippen LogP contribution in [0.4, 0.5) is 4.39 Å². The summed E-state index contributed by atoms with van der Waals surface area (Å²) in [7, 11) is 1.78. The molecule has 9 heteroatoms. The van der Waals surface area contributed by atoms with Gasteiger partial charge >= 0.3 is 0 Å². The van der Waals surface area contributed by atoms with Crippen LogP contribution in [0.1, 0.15) is 4.88 Å². The van der Waals surface area contributed by atoms with Gasteiger partial charge in [-0.1, -0.05) is 11.6 Å². The van der Waals surface area contributed by atoms with Gasteiger partial charge in [-0.15, -0.1) is 11.3 Å². The van der Waals surface area contributed by atoms with E-state index in [1.807, 2.05) is 17.0 Å². The molecule has 0 aliphatic carbocycles. The van der Waals surface area contributed by atoms with Crippen molar-refractivity contribution < 1.29 is 18.7 Å². The maximum atomic E-state index is 12.9.